The Balaban J connectivity index is 2.15. The standard InChI is InChI=1S/C10H12FN3O2/c11-10-7(4-13-5-8(12)6-13)2-1-3-9(10)14(15)16/h1-3,8H,4-6,12H2. The summed E-state index contributed by atoms with van der Waals surface area (Å²) in [6.07, 6.45) is 0. The van der Waals surface area contributed by atoms with E-state index in [0.717, 1.165) is 0 Å². The zero-order valence-electron chi connectivity index (χ0n) is 8.60. The lowest BCUT2D eigenvalue weighted by molar-refractivity contribution is -0.387. The molecular formula is C10H12FN3O2. The van der Waals surface area contributed by atoms with E-state index in [1.54, 1.807) is 6.07 Å². The predicted octanol–water partition coefficient (Wildman–Crippen LogP) is 0.877. The highest BCUT2D eigenvalue weighted by Gasteiger charge is 2.25. The molecule has 0 atom stereocenters. The average molecular weight is 225 g/mol. The van der Waals surface area contributed by atoms with Gasteiger partial charge in [0.1, 0.15) is 0 Å². The quantitative estimate of drug-likeness (QED) is 0.612. The number of benzene rings is 1. The van der Waals surface area contributed by atoms with E-state index < -0.39 is 16.4 Å². The average Bonchev–Trinajstić information content (AvgIpc) is 2.18. The summed E-state index contributed by atoms with van der Waals surface area (Å²) in [4.78, 5) is 11.8. The largest absolute Gasteiger partial charge is 0.325 e. The van der Waals surface area contributed by atoms with E-state index in [2.05, 4.69) is 0 Å². The molecule has 1 fully saturated rings. The monoisotopic (exact) mass is 225 g/mol. The minimum atomic E-state index is -0.743. The van der Waals surface area contributed by atoms with Gasteiger partial charge in [0.25, 0.3) is 0 Å². The molecule has 0 aromatic heterocycles. The van der Waals surface area contributed by atoms with Crippen LogP contribution in [-0.2, 0) is 6.54 Å². The van der Waals surface area contributed by atoms with Gasteiger partial charge in [-0.2, -0.15) is 4.39 Å². The van der Waals surface area contributed by atoms with Crippen LogP contribution in [0.3, 0.4) is 0 Å². The Morgan fingerprint density at radius 1 is 1.56 bits per heavy atom. The molecule has 0 aliphatic carbocycles. The summed E-state index contributed by atoms with van der Waals surface area (Å²) in [6, 6.07) is 4.37. The number of rotatable bonds is 3. The summed E-state index contributed by atoms with van der Waals surface area (Å²) in [5, 5.41) is 10.5. The SMILES string of the molecule is NC1CN(Cc2cccc([N+](=O)[O-])c2F)C1. The molecule has 6 heteroatoms. The molecule has 2 N–H and O–H groups in total. The molecule has 0 saturated carbocycles. The fourth-order valence-corrected chi connectivity index (χ4v) is 1.81. The summed E-state index contributed by atoms with van der Waals surface area (Å²) < 4.78 is 13.6. The van der Waals surface area contributed by atoms with Gasteiger partial charge in [-0.25, -0.2) is 0 Å². The van der Waals surface area contributed by atoms with Crippen LogP contribution in [0.1, 0.15) is 5.56 Å². The Kier molecular flexibility index (Phi) is 2.84. The maximum atomic E-state index is 13.6. The predicted molar refractivity (Wildman–Crippen MR) is 56.3 cm³/mol. The van der Waals surface area contributed by atoms with E-state index in [4.69, 9.17) is 5.73 Å². The van der Waals surface area contributed by atoms with Crippen LogP contribution in [-0.4, -0.2) is 29.0 Å². The Bertz CT molecular complexity index is 419. The summed E-state index contributed by atoms with van der Waals surface area (Å²) >= 11 is 0. The Hall–Kier alpha value is -1.53. The third-order valence-corrected chi connectivity index (χ3v) is 2.63. The first-order valence-corrected chi connectivity index (χ1v) is 4.97. The van der Waals surface area contributed by atoms with Gasteiger partial charge in [0.15, 0.2) is 0 Å². The van der Waals surface area contributed by atoms with Gasteiger partial charge in [-0.1, -0.05) is 12.1 Å². The van der Waals surface area contributed by atoms with E-state index >= 15 is 0 Å². The van der Waals surface area contributed by atoms with Crippen LogP contribution in [0, 0.1) is 15.9 Å². The second-order valence-corrected chi connectivity index (χ2v) is 3.96. The fourth-order valence-electron chi connectivity index (χ4n) is 1.81. The fraction of sp³-hybridized carbons (Fsp3) is 0.400. The summed E-state index contributed by atoms with van der Waals surface area (Å²) in [6.45, 7) is 1.80. The molecule has 1 heterocycles. The van der Waals surface area contributed by atoms with Crippen LogP contribution < -0.4 is 5.73 Å². The minimum Gasteiger partial charge on any atom is -0.325 e. The van der Waals surface area contributed by atoms with E-state index in [9.17, 15) is 14.5 Å². The van der Waals surface area contributed by atoms with Crippen LogP contribution >= 0.6 is 0 Å². The molecule has 1 aliphatic rings. The van der Waals surface area contributed by atoms with Gasteiger partial charge in [0.05, 0.1) is 4.92 Å². The van der Waals surface area contributed by atoms with E-state index in [-0.39, 0.29) is 6.04 Å². The molecule has 5 nitrogen and oxygen atoms in total. The van der Waals surface area contributed by atoms with Gasteiger partial charge in [-0.15, -0.1) is 0 Å². The van der Waals surface area contributed by atoms with Crippen molar-refractivity contribution in [3.05, 3.63) is 39.7 Å². The molecule has 0 unspecified atom stereocenters. The molecular weight excluding hydrogens is 213 g/mol. The third kappa shape index (κ3) is 2.02. The van der Waals surface area contributed by atoms with Crippen molar-refractivity contribution in [2.45, 2.75) is 12.6 Å². The molecule has 1 saturated heterocycles. The first-order valence-electron chi connectivity index (χ1n) is 4.97. The third-order valence-electron chi connectivity index (χ3n) is 2.63. The van der Waals surface area contributed by atoms with Crippen LogP contribution in [0.2, 0.25) is 0 Å². The molecule has 16 heavy (non-hydrogen) atoms. The van der Waals surface area contributed by atoms with Crippen molar-refractivity contribution in [2.24, 2.45) is 5.73 Å². The van der Waals surface area contributed by atoms with Gasteiger partial charge in [0, 0.05) is 37.3 Å². The normalized spacial score (nSPS) is 17.1. The zero-order chi connectivity index (χ0) is 11.7. The number of nitro groups is 1. The topological polar surface area (TPSA) is 72.4 Å². The number of halogens is 1. The first kappa shape index (κ1) is 11.0. The molecule has 0 amide bonds. The maximum absolute atomic E-state index is 13.6. The summed E-state index contributed by atoms with van der Waals surface area (Å²) in [5.74, 6) is -0.743. The molecule has 1 aliphatic heterocycles. The lowest BCUT2D eigenvalue weighted by Crippen LogP contribution is -2.54. The van der Waals surface area contributed by atoms with Gasteiger partial charge in [-0.05, 0) is 0 Å². The van der Waals surface area contributed by atoms with Crippen molar-refractivity contribution in [1.82, 2.24) is 4.90 Å². The second kappa shape index (κ2) is 4.15. The van der Waals surface area contributed by atoms with Crippen LogP contribution in [0.15, 0.2) is 18.2 Å². The van der Waals surface area contributed by atoms with Crippen molar-refractivity contribution in [3.63, 3.8) is 0 Å². The van der Waals surface area contributed by atoms with Gasteiger partial charge in [0.2, 0.25) is 5.82 Å². The first-order chi connectivity index (χ1) is 7.58. The van der Waals surface area contributed by atoms with Gasteiger partial charge < -0.3 is 5.73 Å². The highest BCUT2D eigenvalue weighted by atomic mass is 19.1. The van der Waals surface area contributed by atoms with Crippen LogP contribution in [0.5, 0.6) is 0 Å². The summed E-state index contributed by atoms with van der Waals surface area (Å²) in [7, 11) is 0. The van der Waals surface area contributed by atoms with Crippen LogP contribution in [0.4, 0.5) is 10.1 Å². The number of likely N-dealkylation sites (tertiary alicyclic amines) is 1. The number of nitro benzene ring substituents is 1. The van der Waals surface area contributed by atoms with Gasteiger partial charge >= 0.3 is 5.69 Å². The maximum Gasteiger partial charge on any atom is 0.305 e. The minimum absolute atomic E-state index is 0.141. The molecule has 2 rings (SSSR count). The van der Waals surface area contributed by atoms with Crippen molar-refractivity contribution in [1.29, 1.82) is 0 Å². The summed E-state index contributed by atoms with van der Waals surface area (Å²) in [5.41, 5.74) is 5.47. The van der Waals surface area contributed by atoms with E-state index in [1.165, 1.54) is 12.1 Å². The second-order valence-electron chi connectivity index (χ2n) is 3.96. The molecule has 0 spiro atoms. The lowest BCUT2D eigenvalue weighted by Gasteiger charge is -2.36. The molecule has 0 bridgehead atoms. The lowest BCUT2D eigenvalue weighted by atomic mass is 10.1. The molecule has 1 aromatic rings. The number of hydrogen-bond acceptors (Lipinski definition) is 4. The Morgan fingerprint density at radius 3 is 2.81 bits per heavy atom. The van der Waals surface area contributed by atoms with E-state index in [1.807, 2.05) is 4.90 Å². The molecule has 86 valence electrons. The van der Waals surface area contributed by atoms with Crippen molar-refractivity contribution in [2.75, 3.05) is 13.1 Å². The number of nitrogens with zero attached hydrogens (tertiary/aromatic N) is 2. The Labute approximate surface area is 91.8 Å². The Morgan fingerprint density at radius 2 is 2.25 bits per heavy atom. The van der Waals surface area contributed by atoms with Crippen LogP contribution in [0.25, 0.3) is 0 Å². The highest BCUT2D eigenvalue weighted by Crippen LogP contribution is 2.22. The zero-order valence-corrected chi connectivity index (χ0v) is 8.60. The molecule has 0 radical (unpaired) electrons. The number of hydrogen-bond donors (Lipinski definition) is 1. The molecule has 1 aromatic carbocycles. The van der Waals surface area contributed by atoms with Crippen molar-refractivity contribution >= 4 is 5.69 Å². The smallest absolute Gasteiger partial charge is 0.305 e. The highest BCUT2D eigenvalue weighted by molar-refractivity contribution is 5.36. The number of nitrogens with two attached hydrogens (primary N) is 1. The van der Waals surface area contributed by atoms with Crippen molar-refractivity contribution in [3.8, 4) is 0 Å². The van der Waals surface area contributed by atoms with Crippen molar-refractivity contribution < 1.29 is 9.31 Å². The van der Waals surface area contributed by atoms with Gasteiger partial charge in [-0.3, -0.25) is 15.0 Å². The van der Waals surface area contributed by atoms with E-state index in [0.29, 0.717) is 25.2 Å².